The summed E-state index contributed by atoms with van der Waals surface area (Å²) >= 11 is 5.50. The first-order valence-corrected chi connectivity index (χ1v) is 7.12. The van der Waals surface area contributed by atoms with E-state index in [1.54, 1.807) is 0 Å². The largest absolute Gasteiger partial charge is 0.349 e. The molecule has 0 aliphatic heterocycles. The maximum Gasteiger partial charge on any atom is 0.225 e. The molecule has 0 saturated heterocycles. The van der Waals surface area contributed by atoms with Gasteiger partial charge in [-0.15, -0.1) is 0 Å². The molecule has 1 aromatic heterocycles. The summed E-state index contributed by atoms with van der Waals surface area (Å²) < 4.78 is 26.9. The van der Waals surface area contributed by atoms with Crippen LogP contribution in [-0.2, 0) is 11.2 Å². The van der Waals surface area contributed by atoms with E-state index in [4.69, 9.17) is 11.6 Å². The lowest BCUT2D eigenvalue weighted by molar-refractivity contribution is -0.121. The van der Waals surface area contributed by atoms with Crippen molar-refractivity contribution >= 4 is 17.5 Å². The molecule has 1 atom stereocenters. The summed E-state index contributed by atoms with van der Waals surface area (Å²) in [5.41, 5.74) is 2.60. The maximum atomic E-state index is 13.8. The van der Waals surface area contributed by atoms with Gasteiger partial charge in [-0.05, 0) is 32.4 Å². The number of benzene rings is 1. The van der Waals surface area contributed by atoms with Gasteiger partial charge in [-0.2, -0.15) is 5.10 Å². The van der Waals surface area contributed by atoms with E-state index in [2.05, 4.69) is 15.5 Å². The zero-order chi connectivity index (χ0) is 16.4. The molecule has 0 aliphatic rings. The number of carbonyl (C=O) groups is 1. The van der Waals surface area contributed by atoms with Crippen molar-refractivity contribution in [3.05, 3.63) is 51.3 Å². The third kappa shape index (κ3) is 3.27. The molecule has 0 aliphatic carbocycles. The predicted octanol–water partition coefficient (Wildman–Crippen LogP) is 3.38. The Morgan fingerprint density at radius 3 is 2.68 bits per heavy atom. The number of carbonyl (C=O) groups excluding carboxylic acids is 1. The highest BCUT2D eigenvalue weighted by Gasteiger charge is 2.19. The molecule has 0 radical (unpaired) electrons. The van der Waals surface area contributed by atoms with Crippen LogP contribution in [0.2, 0.25) is 5.02 Å². The zero-order valence-electron chi connectivity index (χ0n) is 12.4. The number of nitrogens with one attached hydrogen (secondary N) is 2. The lowest BCUT2D eigenvalue weighted by Crippen LogP contribution is -2.29. The molecular weight excluding hydrogens is 312 g/mol. The highest BCUT2D eigenvalue weighted by atomic mass is 35.5. The van der Waals surface area contributed by atoms with Crippen LogP contribution >= 0.6 is 11.6 Å². The molecule has 22 heavy (non-hydrogen) atoms. The molecule has 1 aromatic carbocycles. The minimum atomic E-state index is -0.903. The van der Waals surface area contributed by atoms with Crippen molar-refractivity contribution in [2.75, 3.05) is 0 Å². The lowest BCUT2D eigenvalue weighted by atomic mass is 10.1. The number of rotatable bonds is 4. The summed E-state index contributed by atoms with van der Waals surface area (Å²) in [6, 6.07) is 1.99. The monoisotopic (exact) mass is 327 g/mol. The number of H-pyrrole nitrogens is 1. The number of hydrogen-bond donors (Lipinski definition) is 2. The molecule has 2 N–H and O–H groups in total. The van der Waals surface area contributed by atoms with Crippen LogP contribution in [0.15, 0.2) is 12.1 Å². The number of nitrogens with zero attached hydrogens (tertiary/aromatic N) is 1. The first-order chi connectivity index (χ1) is 10.3. The van der Waals surface area contributed by atoms with Gasteiger partial charge in [-0.3, -0.25) is 9.89 Å². The number of aromatic amines is 1. The fourth-order valence-corrected chi connectivity index (χ4v) is 2.62. The maximum absolute atomic E-state index is 13.8. The molecule has 2 aromatic rings. The third-order valence-corrected chi connectivity index (χ3v) is 3.81. The van der Waals surface area contributed by atoms with Crippen LogP contribution in [0.5, 0.6) is 0 Å². The van der Waals surface area contributed by atoms with Crippen molar-refractivity contribution in [1.29, 1.82) is 0 Å². The summed E-state index contributed by atoms with van der Waals surface area (Å²) in [5.74, 6) is -2.13. The molecule has 1 amide bonds. The van der Waals surface area contributed by atoms with Gasteiger partial charge < -0.3 is 5.32 Å². The van der Waals surface area contributed by atoms with Crippen LogP contribution in [0.1, 0.15) is 35.5 Å². The SMILES string of the molecule is Cc1n[nH]c(C)c1[C@H](C)NC(=O)Cc1ccc(F)c(Cl)c1F. The Balaban J connectivity index is 2.09. The van der Waals surface area contributed by atoms with E-state index in [1.807, 2.05) is 20.8 Å². The average Bonchev–Trinajstić information content (AvgIpc) is 2.79. The van der Waals surface area contributed by atoms with Crippen LogP contribution < -0.4 is 5.32 Å². The highest BCUT2D eigenvalue weighted by Crippen LogP contribution is 2.23. The van der Waals surface area contributed by atoms with Gasteiger partial charge in [-0.25, -0.2) is 8.78 Å². The Morgan fingerprint density at radius 1 is 1.41 bits per heavy atom. The van der Waals surface area contributed by atoms with Crippen molar-refractivity contribution in [3.63, 3.8) is 0 Å². The van der Waals surface area contributed by atoms with E-state index in [-0.39, 0.29) is 23.9 Å². The van der Waals surface area contributed by atoms with Gasteiger partial charge in [0.05, 0.1) is 18.2 Å². The molecule has 0 spiro atoms. The molecule has 0 fully saturated rings. The van der Waals surface area contributed by atoms with Gasteiger partial charge in [0, 0.05) is 11.3 Å². The summed E-state index contributed by atoms with van der Waals surface area (Å²) in [4.78, 5) is 12.0. The fourth-order valence-electron chi connectivity index (χ4n) is 2.44. The lowest BCUT2D eigenvalue weighted by Gasteiger charge is -2.15. The zero-order valence-corrected chi connectivity index (χ0v) is 13.2. The third-order valence-electron chi connectivity index (χ3n) is 3.46. The van der Waals surface area contributed by atoms with Crippen molar-refractivity contribution in [1.82, 2.24) is 15.5 Å². The molecule has 0 saturated carbocycles. The standard InChI is InChI=1S/C15H16ClF2N3O/c1-7(13-8(2)20-21-9(13)3)19-12(22)6-10-4-5-11(17)14(16)15(10)18/h4-5,7H,6H2,1-3H3,(H,19,22)(H,20,21)/t7-/m0/s1. The van der Waals surface area contributed by atoms with Gasteiger partial charge in [0.15, 0.2) is 0 Å². The first-order valence-electron chi connectivity index (χ1n) is 6.74. The second kappa shape index (κ2) is 6.44. The van der Waals surface area contributed by atoms with Crippen LogP contribution in [0.3, 0.4) is 0 Å². The van der Waals surface area contributed by atoms with Crippen LogP contribution in [0.4, 0.5) is 8.78 Å². The minimum Gasteiger partial charge on any atom is -0.349 e. The molecule has 7 heteroatoms. The van der Waals surface area contributed by atoms with Gasteiger partial charge in [-0.1, -0.05) is 17.7 Å². The highest BCUT2D eigenvalue weighted by molar-refractivity contribution is 6.31. The normalized spacial score (nSPS) is 12.3. The van der Waals surface area contributed by atoms with Gasteiger partial charge in [0.25, 0.3) is 0 Å². The number of hydrogen-bond acceptors (Lipinski definition) is 2. The van der Waals surface area contributed by atoms with E-state index in [1.165, 1.54) is 6.07 Å². The fraction of sp³-hybridized carbons (Fsp3) is 0.333. The van der Waals surface area contributed by atoms with Crippen molar-refractivity contribution in [2.45, 2.75) is 33.2 Å². The van der Waals surface area contributed by atoms with Gasteiger partial charge in [0.2, 0.25) is 5.91 Å². The molecule has 0 bridgehead atoms. The Hall–Kier alpha value is -1.95. The molecule has 2 rings (SSSR count). The Bertz CT molecular complexity index is 696. The average molecular weight is 328 g/mol. The molecule has 4 nitrogen and oxygen atoms in total. The van der Waals surface area contributed by atoms with E-state index in [0.29, 0.717) is 0 Å². The Morgan fingerprint density at radius 2 is 2.09 bits per heavy atom. The van der Waals surface area contributed by atoms with Crippen molar-refractivity contribution in [3.8, 4) is 0 Å². The molecule has 118 valence electrons. The van der Waals surface area contributed by atoms with Gasteiger partial charge >= 0.3 is 0 Å². The van der Waals surface area contributed by atoms with E-state index >= 15 is 0 Å². The van der Waals surface area contributed by atoms with E-state index < -0.39 is 16.7 Å². The second-order valence-electron chi connectivity index (χ2n) is 5.15. The van der Waals surface area contributed by atoms with Crippen LogP contribution in [-0.4, -0.2) is 16.1 Å². The summed E-state index contributed by atoms with van der Waals surface area (Å²) in [6.45, 7) is 5.51. The predicted molar refractivity (Wildman–Crippen MR) is 79.7 cm³/mol. The number of aryl methyl sites for hydroxylation is 2. The van der Waals surface area contributed by atoms with Gasteiger partial charge in [0.1, 0.15) is 16.7 Å². The molecule has 0 unspecified atom stereocenters. The summed E-state index contributed by atoms with van der Waals surface area (Å²) in [7, 11) is 0. The number of aromatic nitrogens is 2. The molecule has 1 heterocycles. The van der Waals surface area contributed by atoms with E-state index in [0.717, 1.165) is 23.0 Å². The second-order valence-corrected chi connectivity index (χ2v) is 5.53. The molecular formula is C15H16ClF2N3O. The Kier molecular flexibility index (Phi) is 4.81. The smallest absolute Gasteiger partial charge is 0.225 e. The van der Waals surface area contributed by atoms with Crippen LogP contribution in [0.25, 0.3) is 0 Å². The van der Waals surface area contributed by atoms with Crippen molar-refractivity contribution < 1.29 is 13.6 Å². The summed E-state index contributed by atoms with van der Waals surface area (Å²) in [5, 5.41) is 9.09. The first kappa shape index (κ1) is 16.4. The Labute approximate surface area is 131 Å². The van der Waals surface area contributed by atoms with Crippen LogP contribution in [0, 0.1) is 25.5 Å². The minimum absolute atomic E-state index is 0.0525. The van der Waals surface area contributed by atoms with Crippen molar-refractivity contribution in [2.24, 2.45) is 0 Å². The topological polar surface area (TPSA) is 57.8 Å². The summed E-state index contributed by atoms with van der Waals surface area (Å²) in [6.07, 6.45) is -0.216. The number of amides is 1. The van der Waals surface area contributed by atoms with E-state index in [9.17, 15) is 13.6 Å². The quantitative estimate of drug-likeness (QED) is 0.846. The number of halogens is 3.